The average molecular weight is 326 g/mol. The number of hydrogen-bond acceptors (Lipinski definition) is 3. The molecule has 0 aliphatic rings. The van der Waals surface area contributed by atoms with E-state index < -0.39 is 12.0 Å². The number of benzene rings is 1. The number of carbonyl (C=O) groups excluding carboxylic acids is 2. The lowest BCUT2D eigenvalue weighted by atomic mass is 10.0. The maximum atomic E-state index is 12.2. The lowest BCUT2D eigenvalue weighted by Gasteiger charge is -2.21. The molecule has 0 aromatic heterocycles. The third-order valence-corrected chi connectivity index (χ3v) is 3.52. The zero-order valence-corrected chi connectivity index (χ0v) is 13.9. The fourth-order valence-corrected chi connectivity index (χ4v) is 2.13. The normalized spacial score (nSPS) is 12.0. The molecule has 5 heteroatoms. The highest BCUT2D eigenvalue weighted by Crippen LogP contribution is 2.08. The molecule has 0 saturated carbocycles. The van der Waals surface area contributed by atoms with Crippen LogP contribution in [0.4, 0.5) is 0 Å². The van der Waals surface area contributed by atoms with Gasteiger partial charge in [0.05, 0.1) is 0 Å². The van der Waals surface area contributed by atoms with Gasteiger partial charge in [-0.25, -0.2) is 4.79 Å². The Kier molecular flexibility index (Phi) is 8.60. The molecule has 1 rings (SSSR count). The van der Waals surface area contributed by atoms with E-state index in [-0.39, 0.29) is 18.4 Å². The fourth-order valence-electron chi connectivity index (χ4n) is 1.94. The van der Waals surface area contributed by atoms with Gasteiger partial charge in [-0.2, -0.15) is 0 Å². The molecule has 0 aliphatic carbocycles. The Balaban J connectivity index is 2.47. The number of halogens is 1. The van der Waals surface area contributed by atoms with Crippen LogP contribution in [-0.2, 0) is 20.9 Å². The molecule has 0 bridgehead atoms. The Morgan fingerprint density at radius 3 is 2.45 bits per heavy atom. The van der Waals surface area contributed by atoms with Gasteiger partial charge >= 0.3 is 5.97 Å². The quantitative estimate of drug-likeness (QED) is 0.430. The van der Waals surface area contributed by atoms with Crippen molar-refractivity contribution in [1.29, 1.82) is 0 Å². The van der Waals surface area contributed by atoms with Crippen LogP contribution in [0.2, 0.25) is 0 Å². The second kappa shape index (κ2) is 10.2. The van der Waals surface area contributed by atoms with Crippen LogP contribution in [0, 0.1) is 5.92 Å². The summed E-state index contributed by atoms with van der Waals surface area (Å²) in [6, 6.07) is 8.85. The second-order valence-corrected chi connectivity index (χ2v) is 5.91. The van der Waals surface area contributed by atoms with Crippen molar-refractivity contribution < 1.29 is 14.3 Å². The number of hydrogen-bond donors (Lipinski definition) is 1. The number of esters is 1. The highest BCUT2D eigenvalue weighted by molar-refractivity contribution is 6.17. The summed E-state index contributed by atoms with van der Waals surface area (Å²) in [6.45, 7) is 3.98. The molecule has 0 radical (unpaired) electrons. The summed E-state index contributed by atoms with van der Waals surface area (Å²) >= 11 is 5.59. The first-order chi connectivity index (χ1) is 10.5. The van der Waals surface area contributed by atoms with Gasteiger partial charge in [-0.15, -0.1) is 11.6 Å². The van der Waals surface area contributed by atoms with Crippen molar-refractivity contribution in [3.63, 3.8) is 0 Å². The minimum absolute atomic E-state index is 0.0275. The number of nitrogens with one attached hydrogen (secondary N) is 1. The summed E-state index contributed by atoms with van der Waals surface area (Å²) in [5.41, 5.74) is 0.923. The third-order valence-electron chi connectivity index (χ3n) is 3.25. The van der Waals surface area contributed by atoms with Gasteiger partial charge in [-0.05, 0) is 24.3 Å². The first-order valence-corrected chi connectivity index (χ1v) is 8.14. The Bertz CT molecular complexity index is 462. The topological polar surface area (TPSA) is 55.4 Å². The van der Waals surface area contributed by atoms with Crippen molar-refractivity contribution >= 4 is 23.5 Å². The molecule has 1 atom stereocenters. The number of carbonyl (C=O) groups is 2. The highest BCUT2D eigenvalue weighted by atomic mass is 35.5. The van der Waals surface area contributed by atoms with Crippen LogP contribution in [0.15, 0.2) is 30.3 Å². The molecule has 1 unspecified atom stereocenters. The molecule has 1 amide bonds. The van der Waals surface area contributed by atoms with Gasteiger partial charge in [0.1, 0.15) is 12.6 Å². The van der Waals surface area contributed by atoms with Crippen molar-refractivity contribution in [2.75, 3.05) is 5.88 Å². The molecular weight excluding hydrogens is 302 g/mol. The van der Waals surface area contributed by atoms with Gasteiger partial charge in [0, 0.05) is 12.3 Å². The van der Waals surface area contributed by atoms with Crippen molar-refractivity contribution in [3.8, 4) is 0 Å². The molecule has 0 heterocycles. The first-order valence-electron chi connectivity index (χ1n) is 7.60. The van der Waals surface area contributed by atoms with Crippen LogP contribution in [0.1, 0.15) is 38.7 Å². The standard InChI is InChI=1S/C17H24ClNO3/c1-13(2)16(19-15(20)10-6-7-11-18)17(21)22-12-14-8-4-3-5-9-14/h3-5,8-9,13,16H,6-7,10-12H2,1-2H3,(H,19,20). The van der Waals surface area contributed by atoms with E-state index in [4.69, 9.17) is 16.3 Å². The summed E-state index contributed by atoms with van der Waals surface area (Å²) in [7, 11) is 0. The van der Waals surface area contributed by atoms with Gasteiger partial charge < -0.3 is 10.1 Å². The molecule has 0 aliphatic heterocycles. The number of rotatable bonds is 9. The van der Waals surface area contributed by atoms with Crippen molar-refractivity contribution in [2.45, 2.75) is 45.8 Å². The lowest BCUT2D eigenvalue weighted by molar-refractivity contribution is -0.150. The molecular formula is C17H24ClNO3. The zero-order chi connectivity index (χ0) is 16.4. The molecule has 0 fully saturated rings. The highest BCUT2D eigenvalue weighted by Gasteiger charge is 2.25. The van der Waals surface area contributed by atoms with Gasteiger partial charge in [0.25, 0.3) is 0 Å². The molecule has 1 N–H and O–H groups in total. The van der Waals surface area contributed by atoms with Crippen molar-refractivity contribution in [1.82, 2.24) is 5.32 Å². The predicted octanol–water partition coefficient (Wildman–Crippen LogP) is 3.28. The van der Waals surface area contributed by atoms with E-state index in [1.165, 1.54) is 0 Å². The summed E-state index contributed by atoms with van der Waals surface area (Å²) in [5.74, 6) is -0.0229. The molecule has 22 heavy (non-hydrogen) atoms. The van der Waals surface area contributed by atoms with Crippen LogP contribution in [0.5, 0.6) is 0 Å². The molecule has 122 valence electrons. The first kappa shape index (κ1) is 18.5. The molecule has 1 aromatic rings. The maximum Gasteiger partial charge on any atom is 0.329 e. The Morgan fingerprint density at radius 1 is 1.18 bits per heavy atom. The lowest BCUT2D eigenvalue weighted by Crippen LogP contribution is -2.45. The van der Waals surface area contributed by atoms with Crippen LogP contribution in [0.3, 0.4) is 0 Å². The van der Waals surface area contributed by atoms with E-state index in [9.17, 15) is 9.59 Å². The van der Waals surface area contributed by atoms with Gasteiger partial charge in [0.2, 0.25) is 5.91 Å². The van der Waals surface area contributed by atoms with Crippen molar-refractivity contribution in [2.24, 2.45) is 5.92 Å². The Hall–Kier alpha value is -1.55. The number of alkyl halides is 1. The number of unbranched alkanes of at least 4 members (excludes halogenated alkanes) is 1. The zero-order valence-electron chi connectivity index (χ0n) is 13.2. The smallest absolute Gasteiger partial charge is 0.329 e. The molecule has 1 aromatic carbocycles. The summed E-state index contributed by atoms with van der Waals surface area (Å²) in [5, 5.41) is 2.75. The number of ether oxygens (including phenoxy) is 1. The van der Waals surface area contributed by atoms with Gasteiger partial charge in [-0.1, -0.05) is 44.2 Å². The van der Waals surface area contributed by atoms with Gasteiger partial charge in [-0.3, -0.25) is 4.79 Å². The van der Waals surface area contributed by atoms with E-state index in [2.05, 4.69) is 5.32 Å². The largest absolute Gasteiger partial charge is 0.459 e. The van der Waals surface area contributed by atoms with E-state index in [1.807, 2.05) is 44.2 Å². The van der Waals surface area contributed by atoms with Crippen LogP contribution >= 0.6 is 11.6 Å². The Labute approximate surface area is 137 Å². The van der Waals surface area contributed by atoms with E-state index in [0.29, 0.717) is 12.3 Å². The average Bonchev–Trinajstić information content (AvgIpc) is 2.51. The minimum atomic E-state index is -0.618. The van der Waals surface area contributed by atoms with Crippen molar-refractivity contribution in [3.05, 3.63) is 35.9 Å². The van der Waals surface area contributed by atoms with Crippen LogP contribution in [0.25, 0.3) is 0 Å². The third kappa shape index (κ3) is 6.94. The maximum absolute atomic E-state index is 12.2. The summed E-state index contributed by atoms with van der Waals surface area (Å²) < 4.78 is 5.30. The molecule has 0 saturated heterocycles. The summed E-state index contributed by atoms with van der Waals surface area (Å²) in [6.07, 6.45) is 1.89. The molecule has 0 spiro atoms. The minimum Gasteiger partial charge on any atom is -0.459 e. The second-order valence-electron chi connectivity index (χ2n) is 5.53. The monoisotopic (exact) mass is 325 g/mol. The van der Waals surface area contributed by atoms with Crippen LogP contribution < -0.4 is 5.32 Å². The Morgan fingerprint density at radius 2 is 1.86 bits per heavy atom. The SMILES string of the molecule is CC(C)C(NC(=O)CCCCCl)C(=O)OCc1ccccc1. The number of amides is 1. The van der Waals surface area contributed by atoms with E-state index >= 15 is 0 Å². The predicted molar refractivity (Wildman–Crippen MR) is 87.6 cm³/mol. The summed E-state index contributed by atoms with van der Waals surface area (Å²) in [4.78, 5) is 24.0. The van der Waals surface area contributed by atoms with E-state index in [0.717, 1.165) is 18.4 Å². The van der Waals surface area contributed by atoms with E-state index in [1.54, 1.807) is 0 Å². The fraction of sp³-hybridized carbons (Fsp3) is 0.529. The van der Waals surface area contributed by atoms with Gasteiger partial charge in [0.15, 0.2) is 0 Å². The molecule has 4 nitrogen and oxygen atoms in total. The van der Waals surface area contributed by atoms with Crippen LogP contribution in [-0.4, -0.2) is 23.8 Å².